The highest BCUT2D eigenvalue weighted by molar-refractivity contribution is 5.81. The predicted octanol–water partition coefficient (Wildman–Crippen LogP) is 3.63. The minimum Gasteiger partial charge on any atom is -0.342 e. The number of benzene rings is 1. The number of allylic oxidation sites excluding steroid dienone is 1. The minimum atomic E-state index is 0.0633. The van der Waals surface area contributed by atoms with Crippen LogP contribution in [-0.4, -0.2) is 41.2 Å². The highest BCUT2D eigenvalue weighted by Crippen LogP contribution is 2.34. The van der Waals surface area contributed by atoms with Crippen LogP contribution in [0, 0.1) is 17.8 Å². The van der Waals surface area contributed by atoms with Crippen molar-refractivity contribution < 1.29 is 9.59 Å². The van der Waals surface area contributed by atoms with Gasteiger partial charge < -0.3 is 9.80 Å². The maximum atomic E-state index is 13.2. The molecule has 2 amide bonds. The maximum Gasteiger partial charge on any atom is 0.226 e. The number of likely N-dealkylation sites (tertiary alicyclic amines) is 1. The molecule has 144 valence electrons. The fourth-order valence-electron chi connectivity index (χ4n) is 4.65. The Morgan fingerprint density at radius 1 is 1.00 bits per heavy atom. The number of hydrogen-bond acceptors (Lipinski definition) is 2. The SMILES string of the molecule is O=C(C1CCC1)N1CCC([C@H]2CC=CCN(Cc3ccccc3)C2=O)CC1. The Hall–Kier alpha value is -2.10. The van der Waals surface area contributed by atoms with E-state index in [0.29, 0.717) is 24.9 Å². The molecule has 2 aliphatic heterocycles. The van der Waals surface area contributed by atoms with Crippen molar-refractivity contribution in [2.45, 2.75) is 45.1 Å². The first-order valence-electron chi connectivity index (χ1n) is 10.5. The molecule has 1 aliphatic carbocycles. The van der Waals surface area contributed by atoms with E-state index < -0.39 is 0 Å². The van der Waals surface area contributed by atoms with E-state index in [1.165, 1.54) is 12.0 Å². The first-order chi connectivity index (χ1) is 13.2. The number of hydrogen-bond donors (Lipinski definition) is 0. The lowest BCUT2D eigenvalue weighted by Crippen LogP contribution is -2.46. The molecule has 0 bridgehead atoms. The first-order valence-corrected chi connectivity index (χ1v) is 10.5. The third-order valence-corrected chi connectivity index (χ3v) is 6.60. The molecule has 4 nitrogen and oxygen atoms in total. The second kappa shape index (κ2) is 8.28. The van der Waals surface area contributed by atoms with Gasteiger partial charge in [-0.2, -0.15) is 0 Å². The highest BCUT2D eigenvalue weighted by atomic mass is 16.2. The summed E-state index contributed by atoms with van der Waals surface area (Å²) in [5, 5.41) is 0. The molecule has 0 unspecified atom stereocenters. The quantitative estimate of drug-likeness (QED) is 0.764. The highest BCUT2D eigenvalue weighted by Gasteiger charge is 2.37. The summed E-state index contributed by atoms with van der Waals surface area (Å²) in [6.07, 6.45) is 10.4. The molecule has 0 spiro atoms. The average molecular weight is 367 g/mol. The Labute approximate surface area is 162 Å². The molecule has 27 heavy (non-hydrogen) atoms. The van der Waals surface area contributed by atoms with Crippen molar-refractivity contribution in [2.75, 3.05) is 19.6 Å². The van der Waals surface area contributed by atoms with Gasteiger partial charge in [-0.05, 0) is 43.6 Å². The largest absolute Gasteiger partial charge is 0.342 e. The summed E-state index contributed by atoms with van der Waals surface area (Å²) in [5.41, 5.74) is 1.18. The zero-order valence-electron chi connectivity index (χ0n) is 16.1. The monoisotopic (exact) mass is 366 g/mol. The predicted molar refractivity (Wildman–Crippen MR) is 106 cm³/mol. The van der Waals surface area contributed by atoms with E-state index >= 15 is 0 Å². The number of piperidine rings is 1. The van der Waals surface area contributed by atoms with E-state index in [0.717, 1.165) is 45.2 Å². The molecule has 2 heterocycles. The maximum absolute atomic E-state index is 13.2. The van der Waals surface area contributed by atoms with Crippen LogP contribution < -0.4 is 0 Å². The summed E-state index contributed by atoms with van der Waals surface area (Å²) >= 11 is 0. The first kappa shape index (κ1) is 18.3. The van der Waals surface area contributed by atoms with Crippen LogP contribution in [0.25, 0.3) is 0 Å². The normalized spacial score (nSPS) is 24.6. The fraction of sp³-hybridized carbons (Fsp3) is 0.565. The van der Waals surface area contributed by atoms with Crippen LogP contribution in [0.4, 0.5) is 0 Å². The van der Waals surface area contributed by atoms with Crippen molar-refractivity contribution in [1.82, 2.24) is 9.80 Å². The third kappa shape index (κ3) is 4.10. The average Bonchev–Trinajstić information content (AvgIpc) is 2.83. The summed E-state index contributed by atoms with van der Waals surface area (Å²) in [5.74, 6) is 1.38. The van der Waals surface area contributed by atoms with Crippen LogP contribution in [0.1, 0.15) is 44.1 Å². The molecule has 1 aromatic rings. The molecular formula is C23H30N2O2. The Morgan fingerprint density at radius 3 is 2.41 bits per heavy atom. The zero-order valence-corrected chi connectivity index (χ0v) is 16.1. The van der Waals surface area contributed by atoms with Gasteiger partial charge in [0.1, 0.15) is 0 Å². The number of rotatable bonds is 4. The summed E-state index contributed by atoms with van der Waals surface area (Å²) in [6.45, 7) is 3.03. The lowest BCUT2D eigenvalue weighted by Gasteiger charge is -2.39. The lowest BCUT2D eigenvalue weighted by atomic mass is 9.80. The molecule has 1 atom stereocenters. The Balaban J connectivity index is 1.37. The second-order valence-electron chi connectivity index (χ2n) is 8.31. The van der Waals surface area contributed by atoms with Crippen LogP contribution in [0.3, 0.4) is 0 Å². The van der Waals surface area contributed by atoms with Crippen molar-refractivity contribution >= 4 is 11.8 Å². The minimum absolute atomic E-state index is 0.0633. The standard InChI is InChI=1S/C23H30N2O2/c26-22(20-9-6-10-20)24-15-12-19(13-16-24)21-11-4-5-14-25(23(21)27)17-18-7-2-1-3-8-18/h1-5,7-8,19-21H,6,9-17H2/t21-/m1/s1. The van der Waals surface area contributed by atoms with E-state index in [-0.39, 0.29) is 17.7 Å². The molecular weight excluding hydrogens is 336 g/mol. The molecule has 1 saturated heterocycles. The molecule has 0 aromatic heterocycles. The summed E-state index contributed by atoms with van der Waals surface area (Å²) in [7, 11) is 0. The lowest BCUT2D eigenvalue weighted by molar-refractivity contribution is -0.141. The van der Waals surface area contributed by atoms with E-state index in [4.69, 9.17) is 0 Å². The van der Waals surface area contributed by atoms with Gasteiger partial charge in [0.25, 0.3) is 0 Å². The third-order valence-electron chi connectivity index (χ3n) is 6.60. The molecule has 4 heteroatoms. The molecule has 4 rings (SSSR count). The second-order valence-corrected chi connectivity index (χ2v) is 8.31. The van der Waals surface area contributed by atoms with Gasteiger partial charge in [-0.1, -0.05) is 48.9 Å². The van der Waals surface area contributed by atoms with Gasteiger partial charge in [0.15, 0.2) is 0 Å². The smallest absolute Gasteiger partial charge is 0.226 e. The summed E-state index contributed by atoms with van der Waals surface area (Å²) < 4.78 is 0. The van der Waals surface area contributed by atoms with Crippen molar-refractivity contribution in [1.29, 1.82) is 0 Å². The number of nitrogens with zero attached hydrogens (tertiary/aromatic N) is 2. The molecule has 1 saturated carbocycles. The Morgan fingerprint density at radius 2 is 1.74 bits per heavy atom. The van der Waals surface area contributed by atoms with E-state index in [9.17, 15) is 9.59 Å². The molecule has 1 aromatic carbocycles. The van der Waals surface area contributed by atoms with E-state index in [1.807, 2.05) is 23.1 Å². The Kier molecular flexibility index (Phi) is 5.61. The van der Waals surface area contributed by atoms with Gasteiger partial charge >= 0.3 is 0 Å². The van der Waals surface area contributed by atoms with Crippen LogP contribution in [0.5, 0.6) is 0 Å². The molecule has 0 N–H and O–H groups in total. The van der Waals surface area contributed by atoms with E-state index in [2.05, 4.69) is 29.2 Å². The number of amides is 2. The van der Waals surface area contributed by atoms with Crippen molar-refractivity contribution in [3.63, 3.8) is 0 Å². The van der Waals surface area contributed by atoms with Gasteiger partial charge in [-0.3, -0.25) is 9.59 Å². The van der Waals surface area contributed by atoms with Gasteiger partial charge in [-0.15, -0.1) is 0 Å². The Bertz CT molecular complexity index is 688. The summed E-state index contributed by atoms with van der Waals surface area (Å²) in [6, 6.07) is 10.2. The van der Waals surface area contributed by atoms with Gasteiger partial charge in [0.05, 0.1) is 0 Å². The van der Waals surface area contributed by atoms with Gasteiger partial charge in [0.2, 0.25) is 11.8 Å². The molecule has 3 aliphatic rings. The van der Waals surface area contributed by atoms with Crippen LogP contribution in [0.15, 0.2) is 42.5 Å². The number of carbonyl (C=O) groups excluding carboxylic acids is 2. The van der Waals surface area contributed by atoms with Crippen LogP contribution >= 0.6 is 0 Å². The van der Waals surface area contributed by atoms with Gasteiger partial charge in [0, 0.05) is 38.0 Å². The number of carbonyl (C=O) groups is 2. The van der Waals surface area contributed by atoms with Crippen molar-refractivity contribution in [3.8, 4) is 0 Å². The summed E-state index contributed by atoms with van der Waals surface area (Å²) in [4.78, 5) is 29.8. The van der Waals surface area contributed by atoms with Crippen LogP contribution in [0.2, 0.25) is 0 Å². The zero-order chi connectivity index (χ0) is 18.6. The molecule has 0 radical (unpaired) electrons. The van der Waals surface area contributed by atoms with E-state index in [1.54, 1.807) is 0 Å². The topological polar surface area (TPSA) is 40.6 Å². The van der Waals surface area contributed by atoms with Crippen LogP contribution in [-0.2, 0) is 16.1 Å². The fourth-order valence-corrected chi connectivity index (χ4v) is 4.65. The van der Waals surface area contributed by atoms with Gasteiger partial charge in [-0.25, -0.2) is 0 Å². The molecule has 2 fully saturated rings. The van der Waals surface area contributed by atoms with Crippen molar-refractivity contribution in [2.24, 2.45) is 17.8 Å². The van der Waals surface area contributed by atoms with Crippen molar-refractivity contribution in [3.05, 3.63) is 48.0 Å².